The molecule has 0 unspecified atom stereocenters. The van der Waals surface area contributed by atoms with Gasteiger partial charge in [-0.3, -0.25) is 13.8 Å². The van der Waals surface area contributed by atoms with Gasteiger partial charge >= 0.3 is 0 Å². The molecular weight excluding hydrogens is 359 g/mol. The predicted molar refractivity (Wildman–Crippen MR) is 99.3 cm³/mol. The molecule has 5 nitrogen and oxygen atoms in total. The Morgan fingerprint density at radius 3 is 2.92 bits per heavy atom. The van der Waals surface area contributed by atoms with Crippen LogP contribution in [0.25, 0.3) is 21.6 Å². The lowest BCUT2D eigenvalue weighted by Gasteiger charge is -2.23. The van der Waals surface area contributed by atoms with Gasteiger partial charge in [-0.05, 0) is 25.0 Å². The second-order valence-electron chi connectivity index (χ2n) is 6.17. The molecule has 0 saturated heterocycles. The zero-order valence-electron chi connectivity index (χ0n) is 13.4. The molecule has 130 valence electrons. The van der Waals surface area contributed by atoms with Crippen LogP contribution in [0.1, 0.15) is 42.5 Å². The minimum absolute atomic E-state index is 0.0729. The van der Waals surface area contributed by atoms with E-state index in [-0.39, 0.29) is 24.3 Å². The molecule has 1 N–H and O–H groups in total. The van der Waals surface area contributed by atoms with Gasteiger partial charge < -0.3 is 5.32 Å². The van der Waals surface area contributed by atoms with Crippen molar-refractivity contribution in [1.29, 1.82) is 0 Å². The predicted octanol–water partition coefficient (Wildman–Crippen LogP) is 4.60. The van der Waals surface area contributed by atoms with Gasteiger partial charge in [0.2, 0.25) is 0 Å². The smallest absolute Gasteiger partial charge is 0.253 e. The molecule has 3 aromatic rings. The Kier molecular flexibility index (Phi) is 4.72. The van der Waals surface area contributed by atoms with E-state index in [1.165, 1.54) is 21.7 Å². The molecule has 3 aromatic heterocycles. The van der Waals surface area contributed by atoms with Gasteiger partial charge in [0.05, 0.1) is 32.7 Å². The van der Waals surface area contributed by atoms with Gasteiger partial charge in [0.25, 0.3) is 5.91 Å². The van der Waals surface area contributed by atoms with E-state index in [4.69, 9.17) is 0 Å². The van der Waals surface area contributed by atoms with Crippen molar-refractivity contribution in [2.75, 3.05) is 0 Å². The number of nitrogens with zero attached hydrogens (tertiary/aromatic N) is 3. The molecule has 0 radical (unpaired) electrons. The Labute approximate surface area is 153 Å². The topological polar surface area (TPSA) is 59.8 Å². The maximum Gasteiger partial charge on any atom is 0.253 e. The number of pyridine rings is 1. The highest BCUT2D eigenvalue weighted by Gasteiger charge is 2.22. The Morgan fingerprint density at radius 2 is 2.20 bits per heavy atom. The van der Waals surface area contributed by atoms with Gasteiger partial charge in [-0.2, -0.15) is 0 Å². The molecule has 0 aromatic carbocycles. The number of carbonyl (C=O) groups excluding carboxylic acids is 1. The van der Waals surface area contributed by atoms with E-state index in [2.05, 4.69) is 15.3 Å². The zero-order valence-corrected chi connectivity index (χ0v) is 15.1. The second kappa shape index (κ2) is 7.13. The van der Waals surface area contributed by atoms with E-state index in [9.17, 15) is 8.68 Å². The number of fused-ring (bicyclic) bond motifs is 1. The van der Waals surface area contributed by atoms with Crippen LogP contribution in [0.4, 0.5) is 3.89 Å². The van der Waals surface area contributed by atoms with Crippen molar-refractivity contribution in [1.82, 2.24) is 19.3 Å². The lowest BCUT2D eigenvalue weighted by molar-refractivity contribution is 0.0929. The number of thiazole rings is 1. The van der Waals surface area contributed by atoms with Gasteiger partial charge in [0.15, 0.2) is 12.3 Å². The fourth-order valence-electron chi connectivity index (χ4n) is 3.33. The van der Waals surface area contributed by atoms with Gasteiger partial charge in [-0.25, -0.2) is 4.98 Å². The van der Waals surface area contributed by atoms with E-state index >= 15 is 0 Å². The molecule has 0 aliphatic heterocycles. The summed E-state index contributed by atoms with van der Waals surface area (Å²) in [6.07, 6.45) is 8.82. The lowest BCUT2D eigenvalue weighted by atomic mass is 9.95. The summed E-state index contributed by atoms with van der Waals surface area (Å²) >= 11 is 1.53. The summed E-state index contributed by atoms with van der Waals surface area (Å²) in [4.78, 5) is 22.4. The number of aromatic nitrogens is 3. The van der Waals surface area contributed by atoms with E-state index in [0.29, 0.717) is 22.3 Å². The first-order chi connectivity index (χ1) is 12.3. The third-order valence-electron chi connectivity index (χ3n) is 4.55. The molecule has 1 fully saturated rings. The summed E-state index contributed by atoms with van der Waals surface area (Å²) in [5.41, 5.74) is 3.98. The Hall–Kier alpha value is -1.93. The van der Waals surface area contributed by atoms with E-state index < -0.39 is 0 Å². The molecule has 4 rings (SSSR count). The summed E-state index contributed by atoms with van der Waals surface area (Å²) in [6.45, 7) is 0. The number of amides is 1. The van der Waals surface area contributed by atoms with Crippen LogP contribution in [0.15, 0.2) is 30.0 Å². The van der Waals surface area contributed by atoms with Gasteiger partial charge in [0.1, 0.15) is 0 Å². The number of nitrogens with one attached hydrogen (secondary N) is 1. The van der Waals surface area contributed by atoms with Crippen LogP contribution in [-0.2, 0) is 0 Å². The number of carbonyl (C=O) groups is 1. The third-order valence-corrected chi connectivity index (χ3v) is 5.80. The summed E-state index contributed by atoms with van der Waals surface area (Å²) in [6, 6.07) is 3.66. The molecule has 1 amide bonds. The van der Waals surface area contributed by atoms with Crippen molar-refractivity contribution in [3.8, 4) is 10.6 Å². The van der Waals surface area contributed by atoms with Crippen molar-refractivity contribution < 1.29 is 8.68 Å². The van der Waals surface area contributed by atoms with Crippen LogP contribution >= 0.6 is 23.7 Å². The summed E-state index contributed by atoms with van der Waals surface area (Å²) < 4.78 is 14.6. The van der Waals surface area contributed by atoms with Crippen molar-refractivity contribution in [2.24, 2.45) is 0 Å². The fraction of sp³-hybridized carbons (Fsp3) is 0.353. The molecular formula is C17H17FN4OS2. The van der Waals surface area contributed by atoms with Crippen LogP contribution in [-0.4, -0.2) is 25.9 Å². The fourth-order valence-corrected chi connectivity index (χ4v) is 4.28. The van der Waals surface area contributed by atoms with Crippen LogP contribution < -0.4 is 5.32 Å². The average molecular weight is 376 g/mol. The average Bonchev–Trinajstić information content (AvgIpc) is 3.31. The highest BCUT2D eigenvalue weighted by atomic mass is 32.2. The minimum atomic E-state index is -0.168. The molecule has 0 spiro atoms. The largest absolute Gasteiger partial charge is 0.349 e. The van der Waals surface area contributed by atoms with Crippen LogP contribution in [0.5, 0.6) is 0 Å². The first-order valence-corrected chi connectivity index (χ1v) is 9.82. The molecule has 3 heterocycles. The monoisotopic (exact) mass is 376 g/mol. The van der Waals surface area contributed by atoms with E-state index in [1.54, 1.807) is 30.0 Å². The Balaban J connectivity index is 1.76. The molecule has 1 saturated carbocycles. The number of rotatable bonds is 4. The standard InChI is InChI=1S/C17H17FN4OS2/c18-25-22-7-6-13-16(22)12(8-14(21-13)15-9-19-10-24-15)17(23)20-11-4-2-1-3-5-11/h6-11H,1-5H2,(H,20,23). The first kappa shape index (κ1) is 16.5. The van der Waals surface area contributed by atoms with Gasteiger partial charge in [-0.1, -0.05) is 19.3 Å². The number of halogens is 1. The number of hydrogen-bond acceptors (Lipinski definition) is 5. The van der Waals surface area contributed by atoms with Crippen LogP contribution in [0.3, 0.4) is 0 Å². The first-order valence-electron chi connectivity index (χ1n) is 8.27. The number of hydrogen-bond donors (Lipinski definition) is 1. The quantitative estimate of drug-likeness (QED) is 0.723. The van der Waals surface area contributed by atoms with Crippen molar-refractivity contribution in [3.63, 3.8) is 0 Å². The molecule has 1 aliphatic rings. The Morgan fingerprint density at radius 1 is 1.36 bits per heavy atom. The lowest BCUT2D eigenvalue weighted by Crippen LogP contribution is -2.36. The summed E-state index contributed by atoms with van der Waals surface area (Å²) in [5, 5.41) is 3.12. The van der Waals surface area contributed by atoms with Gasteiger partial charge in [0, 0.05) is 18.4 Å². The van der Waals surface area contributed by atoms with Crippen LogP contribution in [0, 0.1) is 0 Å². The highest BCUT2D eigenvalue weighted by molar-refractivity contribution is 7.92. The molecule has 8 heteroatoms. The normalized spacial score (nSPS) is 15.6. The van der Waals surface area contributed by atoms with E-state index in [0.717, 1.165) is 30.6 Å². The van der Waals surface area contributed by atoms with Crippen molar-refractivity contribution in [2.45, 2.75) is 38.1 Å². The summed E-state index contributed by atoms with van der Waals surface area (Å²) in [7, 11) is 0. The zero-order chi connectivity index (χ0) is 17.2. The van der Waals surface area contributed by atoms with Crippen molar-refractivity contribution in [3.05, 3.63) is 35.6 Å². The molecule has 25 heavy (non-hydrogen) atoms. The van der Waals surface area contributed by atoms with E-state index in [1.807, 2.05) is 0 Å². The van der Waals surface area contributed by atoms with Crippen molar-refractivity contribution >= 4 is 40.6 Å². The molecule has 0 bridgehead atoms. The minimum Gasteiger partial charge on any atom is -0.349 e. The summed E-state index contributed by atoms with van der Waals surface area (Å²) in [5.74, 6) is -0.168. The molecule has 1 aliphatic carbocycles. The third kappa shape index (κ3) is 3.28. The molecule has 0 atom stereocenters. The maximum absolute atomic E-state index is 13.3. The van der Waals surface area contributed by atoms with Crippen LogP contribution in [0.2, 0.25) is 0 Å². The second-order valence-corrected chi connectivity index (χ2v) is 7.59. The highest BCUT2D eigenvalue weighted by Crippen LogP contribution is 2.30. The Bertz CT molecular complexity index is 888. The SMILES string of the molecule is O=C(NC1CCCCC1)c1cc(-c2cncs2)nc2ccn(SF)c12. The van der Waals surface area contributed by atoms with Gasteiger partial charge in [-0.15, -0.1) is 15.2 Å². The maximum atomic E-state index is 13.3.